The van der Waals surface area contributed by atoms with Crippen LogP contribution in [0.2, 0.25) is 0 Å². The van der Waals surface area contributed by atoms with Crippen LogP contribution >= 0.6 is 11.8 Å². The second kappa shape index (κ2) is 17.9. The summed E-state index contributed by atoms with van der Waals surface area (Å²) in [6, 6.07) is 3.08. The number of hydrogen-bond acceptors (Lipinski definition) is 10. The number of hydrazine groups is 1. The lowest BCUT2D eigenvalue weighted by atomic mass is 9.84. The normalized spacial score (nSPS) is 28.5. The molecule has 0 spiro atoms. The number of fused-ring (bicyclic) bond motifs is 5. The number of nitrogens with zero attached hydrogens (tertiary/aromatic N) is 4. The van der Waals surface area contributed by atoms with E-state index in [9.17, 15) is 27.6 Å². The number of aryl methyl sites for hydroxylation is 1. The number of aliphatic imine (C=N–C) groups is 2. The predicted molar refractivity (Wildman–Crippen MR) is 224 cm³/mol. The van der Waals surface area contributed by atoms with Crippen LogP contribution in [-0.2, 0) is 41.6 Å². The minimum absolute atomic E-state index is 0.0354. The average molecular weight is 843 g/mol. The van der Waals surface area contributed by atoms with Gasteiger partial charge in [-0.25, -0.2) is 5.43 Å². The first-order valence-electron chi connectivity index (χ1n) is 20.4. The van der Waals surface area contributed by atoms with Crippen molar-refractivity contribution in [1.29, 1.82) is 0 Å². The molecule has 3 aliphatic heterocycles. The number of alkyl halides is 3. The zero-order valence-electron chi connectivity index (χ0n) is 35.2. The number of allylic oxidation sites excluding steroid dienone is 2. The summed E-state index contributed by atoms with van der Waals surface area (Å²) in [5, 5.41) is 5.09. The molecule has 4 aliphatic rings. The van der Waals surface area contributed by atoms with Crippen LogP contribution < -0.4 is 10.7 Å². The van der Waals surface area contributed by atoms with Gasteiger partial charge in [0, 0.05) is 60.0 Å². The Bertz CT molecular complexity index is 2040. The Morgan fingerprint density at radius 2 is 1.98 bits per heavy atom. The van der Waals surface area contributed by atoms with E-state index in [0.717, 1.165) is 33.3 Å². The van der Waals surface area contributed by atoms with E-state index in [1.807, 2.05) is 53.7 Å². The SMILES string of the molecule is C=C/C(=C(\N=C/C)[C@H](C)OC)c1c2c3cc(ccc3n1CC)C1CSC(=N1)[C@@H](OCC(F)(F)F)[C@H](NC(=O)[C@H]1[C@H](C)[C@@H]1C)C(=O)N1CCC[C@H](N1)C(=O)OCC(C)(C)C2. The van der Waals surface area contributed by atoms with E-state index in [-0.39, 0.29) is 36.1 Å². The summed E-state index contributed by atoms with van der Waals surface area (Å²) >= 11 is 1.21. The van der Waals surface area contributed by atoms with Crippen LogP contribution in [0.4, 0.5) is 13.2 Å². The summed E-state index contributed by atoms with van der Waals surface area (Å²) in [6.07, 6.45) is -1.90. The highest BCUT2D eigenvalue weighted by Gasteiger charge is 2.51. The van der Waals surface area contributed by atoms with Crippen LogP contribution in [0.25, 0.3) is 16.5 Å². The number of carbonyl (C=O) groups excluding carboxylic acids is 3. The lowest BCUT2D eigenvalue weighted by molar-refractivity contribution is -0.183. The van der Waals surface area contributed by atoms with Crippen LogP contribution in [0.1, 0.15) is 84.2 Å². The summed E-state index contributed by atoms with van der Waals surface area (Å²) in [5.74, 6) is -1.72. The molecule has 1 aromatic heterocycles. The summed E-state index contributed by atoms with van der Waals surface area (Å²) < 4.78 is 61.2. The zero-order valence-corrected chi connectivity index (χ0v) is 36.0. The van der Waals surface area contributed by atoms with Crippen molar-refractivity contribution < 1.29 is 41.8 Å². The van der Waals surface area contributed by atoms with Gasteiger partial charge in [0.1, 0.15) is 29.8 Å². The Labute approximate surface area is 348 Å². The fourth-order valence-electron chi connectivity index (χ4n) is 8.48. The molecule has 2 fully saturated rings. The van der Waals surface area contributed by atoms with Gasteiger partial charge in [0.15, 0.2) is 0 Å². The van der Waals surface area contributed by atoms with E-state index in [2.05, 4.69) is 34.9 Å². The Hall–Kier alpha value is -3.99. The Balaban J connectivity index is 1.55. The topological polar surface area (TPSA) is 136 Å². The van der Waals surface area contributed by atoms with Crippen LogP contribution in [0.15, 0.2) is 46.5 Å². The maximum absolute atomic E-state index is 14.5. The molecule has 2 amide bonds. The number of methoxy groups -OCH3 is 1. The summed E-state index contributed by atoms with van der Waals surface area (Å²) in [4.78, 5) is 51.6. The van der Waals surface area contributed by atoms with Crippen molar-refractivity contribution >= 4 is 57.3 Å². The number of esters is 1. The average Bonchev–Trinajstić information content (AvgIpc) is 3.48. The van der Waals surface area contributed by atoms with E-state index in [0.29, 0.717) is 37.3 Å². The number of thioether (sulfide) groups is 1. The lowest BCUT2D eigenvalue weighted by Gasteiger charge is -2.37. The van der Waals surface area contributed by atoms with Crippen molar-refractivity contribution in [1.82, 2.24) is 20.3 Å². The van der Waals surface area contributed by atoms with Crippen LogP contribution in [0, 0.1) is 23.2 Å². The minimum atomic E-state index is -4.73. The molecule has 8 atom stereocenters. The zero-order chi connectivity index (χ0) is 43.0. The molecule has 4 heterocycles. The first-order chi connectivity index (χ1) is 27.9. The number of rotatable bonds is 10. The van der Waals surface area contributed by atoms with Crippen LogP contribution in [0.3, 0.4) is 0 Å². The number of aromatic nitrogens is 1. The van der Waals surface area contributed by atoms with Gasteiger partial charge in [-0.05, 0) is 75.1 Å². The summed E-state index contributed by atoms with van der Waals surface area (Å²) in [7, 11) is 1.63. The standard InChI is InChI=1S/C43H57F3N6O6S/c1-10-27(34(47-11-2)25(6)56-9)36-29-19-42(7,8)21-58-41(55)30-14-13-17-52(50-30)40(54)35(49-38(53)33-23(4)24(33)5)37(57-22-43(44,45)46)39-48-31(20-59-39)26-15-16-32(28(29)18-26)51(36)12-3/h10-11,15-16,18,23-25,30-31,33,35,37,50H,1,12-14,17,19-22H2,2-9H3,(H,49,53)/b34-27+,47-11-/t23-,24+,25-,30-,31?,33+,35-,37-/m0/s1. The molecule has 6 bridgehead atoms. The molecule has 1 saturated heterocycles. The molecule has 322 valence electrons. The first-order valence-corrected chi connectivity index (χ1v) is 21.4. The second-order valence-corrected chi connectivity index (χ2v) is 17.8. The van der Waals surface area contributed by atoms with Crippen molar-refractivity contribution in [2.75, 3.05) is 32.6 Å². The third-order valence-electron chi connectivity index (χ3n) is 12.0. The van der Waals surface area contributed by atoms with E-state index in [1.54, 1.807) is 19.4 Å². The summed E-state index contributed by atoms with van der Waals surface area (Å²) in [6.45, 7) is 17.1. The van der Waals surface area contributed by atoms with Gasteiger partial charge in [0.25, 0.3) is 5.91 Å². The van der Waals surface area contributed by atoms with E-state index < -0.39 is 66.1 Å². The number of benzene rings is 1. The maximum atomic E-state index is 14.5. The maximum Gasteiger partial charge on any atom is 0.411 e. The fourth-order valence-corrected chi connectivity index (χ4v) is 9.65. The van der Waals surface area contributed by atoms with Crippen molar-refractivity contribution in [2.45, 2.75) is 111 Å². The number of hydrogen-bond donors (Lipinski definition) is 2. The van der Waals surface area contributed by atoms with Gasteiger partial charge in [-0.15, -0.1) is 11.8 Å². The highest BCUT2D eigenvalue weighted by Crippen LogP contribution is 2.46. The van der Waals surface area contributed by atoms with E-state index >= 15 is 0 Å². The molecular formula is C43H57F3N6O6S. The highest BCUT2D eigenvalue weighted by molar-refractivity contribution is 8.14. The number of ether oxygens (including phenoxy) is 3. The van der Waals surface area contributed by atoms with Gasteiger partial charge in [-0.3, -0.25) is 29.4 Å². The predicted octanol–water partition coefficient (Wildman–Crippen LogP) is 6.83. The quantitative estimate of drug-likeness (QED) is 0.151. The first kappa shape index (κ1) is 44.6. The van der Waals surface area contributed by atoms with E-state index in [1.165, 1.54) is 16.8 Å². The Kier molecular flexibility index (Phi) is 13.5. The molecular weight excluding hydrogens is 786 g/mol. The van der Waals surface area contributed by atoms with Crippen molar-refractivity contribution in [3.05, 3.63) is 53.4 Å². The van der Waals surface area contributed by atoms with Gasteiger partial charge in [0.05, 0.1) is 30.1 Å². The summed E-state index contributed by atoms with van der Waals surface area (Å²) in [5.41, 5.74) is 7.53. The Morgan fingerprint density at radius 1 is 1.25 bits per heavy atom. The van der Waals surface area contributed by atoms with Crippen molar-refractivity contribution in [3.63, 3.8) is 0 Å². The van der Waals surface area contributed by atoms with Gasteiger partial charge < -0.3 is 24.1 Å². The van der Waals surface area contributed by atoms with Crippen LogP contribution in [0.5, 0.6) is 0 Å². The monoisotopic (exact) mass is 842 g/mol. The lowest BCUT2D eigenvalue weighted by Crippen LogP contribution is -2.63. The molecule has 1 aliphatic carbocycles. The number of cyclic esters (lactones) is 1. The van der Waals surface area contributed by atoms with Gasteiger partial charge in [-0.1, -0.05) is 46.4 Å². The molecule has 1 aromatic carbocycles. The molecule has 1 unspecified atom stereocenters. The molecule has 6 rings (SSSR count). The fraction of sp³-hybridized carbons (Fsp3) is 0.605. The van der Waals surface area contributed by atoms with Gasteiger partial charge in [0.2, 0.25) is 5.91 Å². The van der Waals surface area contributed by atoms with Crippen LogP contribution in [-0.4, -0.2) is 102 Å². The second-order valence-electron chi connectivity index (χ2n) is 16.7. The molecule has 16 heteroatoms. The third-order valence-corrected chi connectivity index (χ3v) is 13.1. The molecule has 2 aromatic rings. The minimum Gasteiger partial charge on any atom is -0.464 e. The molecule has 59 heavy (non-hydrogen) atoms. The van der Waals surface area contributed by atoms with Gasteiger partial charge >= 0.3 is 12.1 Å². The number of halogens is 3. The van der Waals surface area contributed by atoms with Gasteiger partial charge in [-0.2, -0.15) is 13.2 Å². The Morgan fingerprint density at radius 3 is 2.61 bits per heavy atom. The third kappa shape index (κ3) is 9.50. The number of carbonyl (C=O) groups is 3. The molecule has 12 nitrogen and oxygen atoms in total. The number of amides is 2. The molecule has 2 N–H and O–H groups in total. The van der Waals surface area contributed by atoms with E-state index in [4.69, 9.17) is 24.2 Å². The smallest absolute Gasteiger partial charge is 0.411 e. The van der Waals surface area contributed by atoms with Crippen molar-refractivity contribution in [2.24, 2.45) is 33.2 Å². The largest absolute Gasteiger partial charge is 0.464 e. The molecule has 1 saturated carbocycles. The molecule has 0 radical (unpaired) electrons. The van der Waals surface area contributed by atoms with Crippen molar-refractivity contribution in [3.8, 4) is 0 Å². The highest BCUT2D eigenvalue weighted by atomic mass is 32.2. The number of nitrogens with one attached hydrogen (secondary N) is 2.